The summed E-state index contributed by atoms with van der Waals surface area (Å²) in [5, 5.41) is 0. The second kappa shape index (κ2) is 7.55. The first-order valence-corrected chi connectivity index (χ1v) is 7.73. The van der Waals surface area contributed by atoms with Gasteiger partial charge in [0.1, 0.15) is 12.4 Å². The van der Waals surface area contributed by atoms with Crippen molar-refractivity contribution in [2.24, 2.45) is 0 Å². The molecule has 1 amide bonds. The monoisotopic (exact) mass is 325 g/mol. The highest BCUT2D eigenvalue weighted by Gasteiger charge is 2.12. The van der Waals surface area contributed by atoms with Gasteiger partial charge in [0, 0.05) is 13.1 Å². The van der Waals surface area contributed by atoms with E-state index in [2.05, 4.69) is 0 Å². The van der Waals surface area contributed by atoms with Crippen LogP contribution in [0.3, 0.4) is 0 Å². The minimum Gasteiger partial charge on any atom is -0.492 e. The molecule has 0 radical (unpaired) electrons. The Morgan fingerprint density at radius 1 is 1.17 bits per heavy atom. The van der Waals surface area contributed by atoms with E-state index in [1.165, 1.54) is 0 Å². The van der Waals surface area contributed by atoms with Crippen molar-refractivity contribution in [2.75, 3.05) is 27.0 Å². The average molecular weight is 325 g/mol. The van der Waals surface area contributed by atoms with Gasteiger partial charge in [0.15, 0.2) is 11.5 Å². The molecule has 0 bridgehead atoms. The Kier molecular flexibility index (Phi) is 5.01. The normalized spacial score (nSPS) is 12.4. The van der Waals surface area contributed by atoms with Crippen molar-refractivity contribution in [3.8, 4) is 17.2 Å². The van der Waals surface area contributed by atoms with Crippen LogP contribution < -0.4 is 14.2 Å². The molecule has 0 aromatic heterocycles. The number of rotatable bonds is 6. The number of ether oxygens (including phenoxy) is 3. The summed E-state index contributed by atoms with van der Waals surface area (Å²) in [7, 11) is 1.75. The molecular weight excluding hydrogens is 306 g/mol. The largest absolute Gasteiger partial charge is 0.492 e. The second-order valence-corrected chi connectivity index (χ2v) is 5.37. The third kappa shape index (κ3) is 4.07. The van der Waals surface area contributed by atoms with Gasteiger partial charge in [-0.15, -0.1) is 0 Å². The van der Waals surface area contributed by atoms with E-state index in [1.54, 1.807) is 24.1 Å². The number of nitrogens with zero attached hydrogens (tertiary/aromatic N) is 1. The van der Waals surface area contributed by atoms with Gasteiger partial charge >= 0.3 is 0 Å². The van der Waals surface area contributed by atoms with E-state index in [0.29, 0.717) is 18.9 Å². The molecule has 2 aromatic carbocycles. The molecule has 0 aliphatic carbocycles. The van der Waals surface area contributed by atoms with Gasteiger partial charge < -0.3 is 19.1 Å². The Hall–Kier alpha value is -2.95. The van der Waals surface area contributed by atoms with Gasteiger partial charge in [-0.3, -0.25) is 4.79 Å². The number of carbonyl (C=O) groups is 1. The Morgan fingerprint density at radius 3 is 2.79 bits per heavy atom. The first kappa shape index (κ1) is 15.9. The fraction of sp³-hybridized carbons (Fsp3) is 0.211. The molecule has 0 fully saturated rings. The third-order valence-corrected chi connectivity index (χ3v) is 3.63. The Bertz CT molecular complexity index is 727. The molecule has 0 saturated heterocycles. The minimum atomic E-state index is -0.0793. The Balaban J connectivity index is 1.48. The van der Waals surface area contributed by atoms with E-state index < -0.39 is 0 Å². The van der Waals surface area contributed by atoms with Crippen LogP contribution in [0.5, 0.6) is 17.2 Å². The lowest BCUT2D eigenvalue weighted by Crippen LogP contribution is -2.29. The van der Waals surface area contributed by atoms with E-state index in [4.69, 9.17) is 14.2 Å². The average Bonchev–Trinajstić information content (AvgIpc) is 3.08. The first-order chi connectivity index (χ1) is 11.7. The second-order valence-electron chi connectivity index (χ2n) is 5.37. The summed E-state index contributed by atoms with van der Waals surface area (Å²) in [5.41, 5.74) is 0.890. The van der Waals surface area contributed by atoms with Gasteiger partial charge in [0.2, 0.25) is 12.7 Å². The van der Waals surface area contributed by atoms with Crippen LogP contribution in [-0.4, -0.2) is 37.8 Å². The molecule has 0 spiro atoms. The summed E-state index contributed by atoms with van der Waals surface area (Å²) in [4.78, 5) is 13.7. The first-order valence-electron chi connectivity index (χ1n) is 7.73. The topological polar surface area (TPSA) is 48.0 Å². The number of hydrogen-bond donors (Lipinski definition) is 0. The molecular formula is C19H19NO4. The Morgan fingerprint density at radius 2 is 1.96 bits per heavy atom. The van der Waals surface area contributed by atoms with Crippen molar-refractivity contribution in [1.82, 2.24) is 4.90 Å². The number of amides is 1. The fourth-order valence-corrected chi connectivity index (χ4v) is 2.24. The van der Waals surface area contributed by atoms with E-state index >= 15 is 0 Å². The van der Waals surface area contributed by atoms with Gasteiger partial charge in [0.05, 0.1) is 6.54 Å². The minimum absolute atomic E-state index is 0.0793. The maximum absolute atomic E-state index is 12.1. The molecule has 1 aliphatic rings. The lowest BCUT2D eigenvalue weighted by atomic mass is 10.2. The highest BCUT2D eigenvalue weighted by molar-refractivity contribution is 5.91. The van der Waals surface area contributed by atoms with Crippen molar-refractivity contribution >= 4 is 12.0 Å². The predicted octanol–water partition coefficient (Wildman–Crippen LogP) is 2.97. The molecule has 0 saturated carbocycles. The van der Waals surface area contributed by atoms with Crippen molar-refractivity contribution in [3.63, 3.8) is 0 Å². The summed E-state index contributed by atoms with van der Waals surface area (Å²) in [6.45, 7) is 1.20. The zero-order valence-corrected chi connectivity index (χ0v) is 13.5. The fourth-order valence-electron chi connectivity index (χ4n) is 2.24. The van der Waals surface area contributed by atoms with Crippen molar-refractivity contribution in [1.29, 1.82) is 0 Å². The molecule has 124 valence electrons. The van der Waals surface area contributed by atoms with E-state index in [9.17, 15) is 4.79 Å². The van der Waals surface area contributed by atoms with Gasteiger partial charge in [-0.1, -0.05) is 24.3 Å². The predicted molar refractivity (Wildman–Crippen MR) is 91.2 cm³/mol. The van der Waals surface area contributed by atoms with E-state index in [0.717, 1.165) is 17.1 Å². The SMILES string of the molecule is CN(CCOc1ccccc1)C(=O)/C=C/c1ccc2c(c1)OCO2. The van der Waals surface area contributed by atoms with Crippen LogP contribution in [0, 0.1) is 0 Å². The maximum atomic E-state index is 12.1. The molecule has 1 aliphatic heterocycles. The number of carbonyl (C=O) groups excluding carboxylic acids is 1. The van der Waals surface area contributed by atoms with Gasteiger partial charge in [-0.05, 0) is 35.9 Å². The summed E-state index contributed by atoms with van der Waals surface area (Å²) >= 11 is 0. The molecule has 3 rings (SSSR count). The summed E-state index contributed by atoms with van der Waals surface area (Å²) in [6, 6.07) is 15.1. The maximum Gasteiger partial charge on any atom is 0.246 e. The smallest absolute Gasteiger partial charge is 0.246 e. The summed E-state index contributed by atoms with van der Waals surface area (Å²) in [5.74, 6) is 2.15. The summed E-state index contributed by atoms with van der Waals surface area (Å²) < 4.78 is 16.2. The van der Waals surface area contributed by atoms with Crippen LogP contribution in [-0.2, 0) is 4.79 Å². The van der Waals surface area contributed by atoms with E-state index in [1.807, 2.05) is 48.5 Å². The van der Waals surface area contributed by atoms with Crippen molar-refractivity contribution in [2.45, 2.75) is 0 Å². The van der Waals surface area contributed by atoms with Crippen LogP contribution in [0.25, 0.3) is 6.08 Å². The van der Waals surface area contributed by atoms with Gasteiger partial charge in [-0.2, -0.15) is 0 Å². The number of para-hydroxylation sites is 1. The molecule has 0 unspecified atom stereocenters. The number of hydrogen-bond acceptors (Lipinski definition) is 4. The lowest BCUT2D eigenvalue weighted by molar-refractivity contribution is -0.125. The summed E-state index contributed by atoms with van der Waals surface area (Å²) in [6.07, 6.45) is 3.30. The zero-order valence-electron chi connectivity index (χ0n) is 13.5. The molecule has 0 N–H and O–H groups in total. The number of benzene rings is 2. The number of likely N-dealkylation sites (N-methyl/N-ethyl adjacent to an activating group) is 1. The molecule has 5 nitrogen and oxygen atoms in total. The number of fused-ring (bicyclic) bond motifs is 1. The Labute approximate surface area is 141 Å². The van der Waals surface area contributed by atoms with E-state index in [-0.39, 0.29) is 12.7 Å². The molecule has 2 aromatic rings. The standard InChI is InChI=1S/C19H19NO4/c1-20(11-12-22-16-5-3-2-4-6-16)19(21)10-8-15-7-9-17-18(13-15)24-14-23-17/h2-10,13H,11-12,14H2,1H3/b10-8+. The molecule has 24 heavy (non-hydrogen) atoms. The molecule has 0 atom stereocenters. The van der Waals surface area contributed by atoms with Crippen LogP contribution in [0.1, 0.15) is 5.56 Å². The highest BCUT2D eigenvalue weighted by Crippen LogP contribution is 2.32. The van der Waals surface area contributed by atoms with Gasteiger partial charge in [-0.25, -0.2) is 0 Å². The van der Waals surface area contributed by atoms with Crippen LogP contribution in [0.2, 0.25) is 0 Å². The zero-order chi connectivity index (χ0) is 16.8. The highest BCUT2D eigenvalue weighted by atomic mass is 16.7. The third-order valence-electron chi connectivity index (χ3n) is 3.63. The van der Waals surface area contributed by atoms with Crippen molar-refractivity contribution in [3.05, 3.63) is 60.2 Å². The van der Waals surface area contributed by atoms with Crippen LogP contribution >= 0.6 is 0 Å². The quantitative estimate of drug-likeness (QED) is 0.766. The van der Waals surface area contributed by atoms with Crippen LogP contribution in [0.15, 0.2) is 54.6 Å². The molecule has 1 heterocycles. The van der Waals surface area contributed by atoms with Gasteiger partial charge in [0.25, 0.3) is 0 Å². The molecule has 5 heteroatoms. The van der Waals surface area contributed by atoms with Crippen LogP contribution in [0.4, 0.5) is 0 Å². The lowest BCUT2D eigenvalue weighted by Gasteiger charge is -2.15. The van der Waals surface area contributed by atoms with Crippen molar-refractivity contribution < 1.29 is 19.0 Å².